The molecule has 0 saturated carbocycles. The van der Waals surface area contributed by atoms with Crippen molar-refractivity contribution in [3.8, 4) is 0 Å². The van der Waals surface area contributed by atoms with Gasteiger partial charge in [0.1, 0.15) is 0 Å². The van der Waals surface area contributed by atoms with Crippen molar-refractivity contribution in [3.05, 3.63) is 57.6 Å². The summed E-state index contributed by atoms with van der Waals surface area (Å²) in [4.78, 5) is 2.56. The van der Waals surface area contributed by atoms with E-state index in [1.165, 1.54) is 26.5 Å². The van der Waals surface area contributed by atoms with E-state index in [2.05, 4.69) is 66.2 Å². The van der Waals surface area contributed by atoms with Crippen LogP contribution in [-0.4, -0.2) is 6.54 Å². The van der Waals surface area contributed by atoms with Crippen molar-refractivity contribution in [3.63, 3.8) is 0 Å². The molecule has 3 heteroatoms. The summed E-state index contributed by atoms with van der Waals surface area (Å²) in [5.74, 6) is 0. The van der Waals surface area contributed by atoms with Crippen molar-refractivity contribution in [2.24, 2.45) is 5.73 Å². The van der Waals surface area contributed by atoms with Gasteiger partial charge in [-0.25, -0.2) is 0 Å². The summed E-state index contributed by atoms with van der Waals surface area (Å²) in [6.07, 6.45) is 0.912. The second-order valence-corrected chi connectivity index (χ2v) is 6.63. The zero-order valence-electron chi connectivity index (χ0n) is 11.2. The second-order valence-electron chi connectivity index (χ2n) is 4.66. The summed E-state index contributed by atoms with van der Waals surface area (Å²) >= 11 is 5.43. The van der Waals surface area contributed by atoms with Crippen molar-refractivity contribution < 1.29 is 0 Å². The van der Waals surface area contributed by atoms with E-state index < -0.39 is 0 Å². The van der Waals surface area contributed by atoms with Gasteiger partial charge < -0.3 is 5.73 Å². The highest BCUT2D eigenvalue weighted by Gasteiger charge is 2.05. The Morgan fingerprint density at radius 1 is 1.11 bits per heavy atom. The normalized spacial score (nSPS) is 10.7. The minimum atomic E-state index is 0.683. The molecule has 0 radical (unpaired) electrons. The average molecular weight is 336 g/mol. The van der Waals surface area contributed by atoms with Gasteiger partial charge in [-0.1, -0.05) is 51.5 Å². The second kappa shape index (κ2) is 6.60. The van der Waals surface area contributed by atoms with Crippen LogP contribution in [0.2, 0.25) is 0 Å². The van der Waals surface area contributed by atoms with Gasteiger partial charge in [0.05, 0.1) is 0 Å². The Morgan fingerprint density at radius 3 is 2.53 bits per heavy atom. The van der Waals surface area contributed by atoms with E-state index in [9.17, 15) is 0 Å². The molecule has 0 aliphatic carbocycles. The van der Waals surface area contributed by atoms with Crippen LogP contribution in [0.3, 0.4) is 0 Å². The lowest BCUT2D eigenvalue weighted by Gasteiger charge is -2.09. The van der Waals surface area contributed by atoms with Gasteiger partial charge >= 0.3 is 0 Å². The van der Waals surface area contributed by atoms with Crippen molar-refractivity contribution in [2.75, 3.05) is 6.54 Å². The van der Waals surface area contributed by atoms with Gasteiger partial charge in [-0.3, -0.25) is 0 Å². The number of benzene rings is 2. The third-order valence-electron chi connectivity index (χ3n) is 3.00. The summed E-state index contributed by atoms with van der Waals surface area (Å²) in [7, 11) is 0. The standard InChI is InChI=1S/C16H18BrNS/c1-11-3-6-16(12(2)9-11)19-14-5-4-13(7-8-18)15(17)10-14/h3-6,9-10H,7-8,18H2,1-2H3. The maximum atomic E-state index is 5.60. The molecule has 0 atom stereocenters. The summed E-state index contributed by atoms with van der Waals surface area (Å²) < 4.78 is 1.15. The fraction of sp³-hybridized carbons (Fsp3) is 0.250. The van der Waals surface area contributed by atoms with Crippen LogP contribution in [0, 0.1) is 13.8 Å². The first kappa shape index (κ1) is 14.6. The van der Waals surface area contributed by atoms with Crippen LogP contribution in [0.25, 0.3) is 0 Å². The molecular weight excluding hydrogens is 318 g/mol. The van der Waals surface area contributed by atoms with Crippen LogP contribution in [0.15, 0.2) is 50.7 Å². The van der Waals surface area contributed by atoms with E-state index in [1.807, 2.05) is 0 Å². The predicted octanol–water partition coefficient (Wildman–Crippen LogP) is 4.72. The maximum Gasteiger partial charge on any atom is 0.0219 e. The van der Waals surface area contributed by atoms with Gasteiger partial charge in [0.2, 0.25) is 0 Å². The van der Waals surface area contributed by atoms with Crippen molar-refractivity contribution in [1.29, 1.82) is 0 Å². The SMILES string of the molecule is Cc1ccc(Sc2ccc(CCN)c(Br)c2)c(C)c1. The van der Waals surface area contributed by atoms with Crippen LogP contribution < -0.4 is 5.73 Å². The molecule has 0 aliphatic heterocycles. The molecular formula is C16H18BrNS. The molecule has 2 rings (SSSR count). The zero-order chi connectivity index (χ0) is 13.8. The molecule has 0 fully saturated rings. The molecule has 0 bridgehead atoms. The lowest BCUT2D eigenvalue weighted by molar-refractivity contribution is 0.960. The van der Waals surface area contributed by atoms with Crippen LogP contribution in [0.4, 0.5) is 0 Å². The molecule has 0 unspecified atom stereocenters. The molecule has 2 aromatic rings. The third kappa shape index (κ3) is 3.85. The van der Waals surface area contributed by atoms with Gasteiger partial charge in [-0.15, -0.1) is 0 Å². The first-order valence-electron chi connectivity index (χ1n) is 6.34. The van der Waals surface area contributed by atoms with Crippen LogP contribution in [0.5, 0.6) is 0 Å². The molecule has 2 N–H and O–H groups in total. The van der Waals surface area contributed by atoms with Crippen molar-refractivity contribution in [1.82, 2.24) is 0 Å². The number of halogens is 1. The van der Waals surface area contributed by atoms with E-state index in [4.69, 9.17) is 5.73 Å². The van der Waals surface area contributed by atoms with Gasteiger partial charge in [0.25, 0.3) is 0 Å². The molecule has 0 aromatic heterocycles. The largest absolute Gasteiger partial charge is 0.330 e. The fourth-order valence-corrected chi connectivity index (χ4v) is 3.64. The Hall–Kier alpha value is -0.770. The Balaban J connectivity index is 2.21. The number of rotatable bonds is 4. The third-order valence-corrected chi connectivity index (χ3v) is 4.90. The topological polar surface area (TPSA) is 26.0 Å². The molecule has 0 aliphatic rings. The highest BCUT2D eigenvalue weighted by Crippen LogP contribution is 2.33. The van der Waals surface area contributed by atoms with Crippen LogP contribution >= 0.6 is 27.7 Å². The van der Waals surface area contributed by atoms with Gasteiger partial charge in [0, 0.05) is 14.3 Å². The van der Waals surface area contributed by atoms with Crippen LogP contribution in [0.1, 0.15) is 16.7 Å². The van der Waals surface area contributed by atoms with Gasteiger partial charge in [-0.2, -0.15) is 0 Å². The Bertz CT molecular complexity index is 581. The monoisotopic (exact) mass is 335 g/mol. The average Bonchev–Trinajstić information content (AvgIpc) is 2.36. The molecule has 0 heterocycles. The Kier molecular flexibility index (Phi) is 5.08. The minimum Gasteiger partial charge on any atom is -0.330 e. The lowest BCUT2D eigenvalue weighted by Crippen LogP contribution is -2.03. The molecule has 0 spiro atoms. The quantitative estimate of drug-likeness (QED) is 0.874. The summed E-state index contributed by atoms with van der Waals surface area (Å²) in [6, 6.07) is 13.1. The first-order chi connectivity index (χ1) is 9.10. The summed E-state index contributed by atoms with van der Waals surface area (Å²) in [6.45, 7) is 4.97. The van der Waals surface area contributed by atoms with E-state index in [0.29, 0.717) is 6.54 Å². The maximum absolute atomic E-state index is 5.60. The van der Waals surface area contributed by atoms with E-state index in [0.717, 1.165) is 10.9 Å². The fourth-order valence-electron chi connectivity index (χ4n) is 1.99. The smallest absolute Gasteiger partial charge is 0.0219 e. The summed E-state index contributed by atoms with van der Waals surface area (Å²) in [5.41, 5.74) is 9.50. The molecule has 0 amide bonds. The molecule has 0 saturated heterocycles. The minimum absolute atomic E-state index is 0.683. The summed E-state index contributed by atoms with van der Waals surface area (Å²) in [5, 5.41) is 0. The molecule has 2 aromatic carbocycles. The number of hydrogen-bond acceptors (Lipinski definition) is 2. The van der Waals surface area contributed by atoms with Crippen molar-refractivity contribution in [2.45, 2.75) is 30.1 Å². The van der Waals surface area contributed by atoms with Crippen molar-refractivity contribution >= 4 is 27.7 Å². The highest BCUT2D eigenvalue weighted by atomic mass is 79.9. The van der Waals surface area contributed by atoms with E-state index >= 15 is 0 Å². The highest BCUT2D eigenvalue weighted by molar-refractivity contribution is 9.10. The molecule has 19 heavy (non-hydrogen) atoms. The van der Waals surface area contributed by atoms with Gasteiger partial charge in [0.15, 0.2) is 0 Å². The zero-order valence-corrected chi connectivity index (χ0v) is 13.6. The molecule has 1 nitrogen and oxygen atoms in total. The number of aryl methyl sites for hydroxylation is 2. The Labute approximate surface area is 127 Å². The van der Waals surface area contributed by atoms with E-state index in [-0.39, 0.29) is 0 Å². The number of nitrogens with two attached hydrogens (primary N) is 1. The van der Waals surface area contributed by atoms with Crippen LogP contribution in [-0.2, 0) is 6.42 Å². The lowest BCUT2D eigenvalue weighted by atomic mass is 10.1. The number of hydrogen-bond donors (Lipinski definition) is 1. The molecule has 100 valence electrons. The first-order valence-corrected chi connectivity index (χ1v) is 7.94. The van der Waals surface area contributed by atoms with E-state index in [1.54, 1.807) is 11.8 Å². The predicted molar refractivity (Wildman–Crippen MR) is 86.9 cm³/mol. The van der Waals surface area contributed by atoms with Gasteiger partial charge in [-0.05, 0) is 56.1 Å². The Morgan fingerprint density at radius 2 is 1.89 bits per heavy atom.